The van der Waals surface area contributed by atoms with Crippen LogP contribution in [0.4, 0.5) is 10.1 Å². The number of aromatic nitrogens is 2. The highest BCUT2D eigenvalue weighted by molar-refractivity contribution is 7.89. The van der Waals surface area contributed by atoms with E-state index in [2.05, 4.69) is 14.7 Å². The number of hydrogen-bond donors (Lipinski definition) is 2. The Morgan fingerprint density at radius 2 is 2.10 bits per heavy atom. The van der Waals surface area contributed by atoms with Crippen LogP contribution in [-0.2, 0) is 16.6 Å². The second-order valence-electron chi connectivity index (χ2n) is 4.08. The van der Waals surface area contributed by atoms with Crippen LogP contribution in [0.25, 0.3) is 0 Å². The van der Waals surface area contributed by atoms with Crippen molar-refractivity contribution in [1.82, 2.24) is 14.7 Å². The molecule has 0 aliphatic carbocycles. The number of rotatable bonds is 4. The Morgan fingerprint density at radius 3 is 2.75 bits per heavy atom. The highest BCUT2D eigenvalue weighted by Crippen LogP contribution is 2.21. The molecule has 0 saturated carbocycles. The largest absolute Gasteiger partial charge is 0.398 e. The standard InChI is InChI=1S/C12H13FN4O2S/c1-8-15-6-5-9(17-8)7-16-20(18,19)12-10(13)3-2-4-11(12)14/h2-6,16H,7,14H2,1H3. The average molecular weight is 296 g/mol. The molecule has 1 aromatic heterocycles. The van der Waals surface area contributed by atoms with E-state index in [9.17, 15) is 12.8 Å². The number of anilines is 1. The molecule has 0 unspecified atom stereocenters. The summed E-state index contributed by atoms with van der Waals surface area (Å²) < 4.78 is 40.0. The van der Waals surface area contributed by atoms with Gasteiger partial charge >= 0.3 is 0 Å². The Kier molecular flexibility index (Phi) is 3.96. The molecule has 0 saturated heterocycles. The van der Waals surface area contributed by atoms with Gasteiger partial charge in [0.25, 0.3) is 0 Å². The summed E-state index contributed by atoms with van der Waals surface area (Å²) in [6, 6.07) is 5.28. The minimum Gasteiger partial charge on any atom is -0.398 e. The maximum absolute atomic E-state index is 13.6. The van der Waals surface area contributed by atoms with E-state index < -0.39 is 20.7 Å². The summed E-state index contributed by atoms with van der Waals surface area (Å²) in [5.41, 5.74) is 5.86. The molecule has 0 fully saturated rings. The molecular formula is C12H13FN4O2S. The zero-order valence-electron chi connectivity index (χ0n) is 10.7. The normalized spacial score (nSPS) is 11.5. The van der Waals surface area contributed by atoms with Crippen LogP contribution in [0.15, 0.2) is 35.4 Å². The summed E-state index contributed by atoms with van der Waals surface area (Å²) in [5.74, 6) is -0.372. The smallest absolute Gasteiger partial charge is 0.245 e. The van der Waals surface area contributed by atoms with Gasteiger partial charge in [-0.2, -0.15) is 0 Å². The number of aryl methyl sites for hydroxylation is 1. The van der Waals surface area contributed by atoms with Crippen molar-refractivity contribution in [3.8, 4) is 0 Å². The Bertz CT molecular complexity index is 714. The van der Waals surface area contributed by atoms with E-state index in [0.717, 1.165) is 6.07 Å². The first-order chi connectivity index (χ1) is 9.40. The van der Waals surface area contributed by atoms with E-state index in [0.29, 0.717) is 11.5 Å². The number of benzene rings is 1. The summed E-state index contributed by atoms with van der Waals surface area (Å²) in [5, 5.41) is 0. The zero-order valence-corrected chi connectivity index (χ0v) is 11.5. The minimum atomic E-state index is -4.04. The van der Waals surface area contributed by atoms with Gasteiger partial charge in [-0.3, -0.25) is 0 Å². The van der Waals surface area contributed by atoms with E-state index in [4.69, 9.17) is 5.73 Å². The molecule has 0 amide bonds. The molecule has 6 nitrogen and oxygen atoms in total. The van der Waals surface area contributed by atoms with Gasteiger partial charge in [0.1, 0.15) is 16.5 Å². The van der Waals surface area contributed by atoms with Crippen LogP contribution in [0.3, 0.4) is 0 Å². The van der Waals surface area contributed by atoms with Gasteiger partial charge in [0, 0.05) is 6.20 Å². The van der Waals surface area contributed by atoms with Crippen molar-refractivity contribution >= 4 is 15.7 Å². The Morgan fingerprint density at radius 1 is 1.35 bits per heavy atom. The van der Waals surface area contributed by atoms with Crippen molar-refractivity contribution in [1.29, 1.82) is 0 Å². The van der Waals surface area contributed by atoms with E-state index in [1.165, 1.54) is 18.3 Å². The van der Waals surface area contributed by atoms with Gasteiger partial charge in [0.2, 0.25) is 10.0 Å². The lowest BCUT2D eigenvalue weighted by atomic mass is 10.3. The molecule has 20 heavy (non-hydrogen) atoms. The fourth-order valence-electron chi connectivity index (χ4n) is 1.65. The molecule has 0 bridgehead atoms. The Labute approximate surface area is 115 Å². The summed E-state index contributed by atoms with van der Waals surface area (Å²) in [6.07, 6.45) is 1.52. The molecule has 0 atom stereocenters. The second-order valence-corrected chi connectivity index (χ2v) is 5.78. The molecule has 106 valence electrons. The van der Waals surface area contributed by atoms with Crippen LogP contribution in [0.5, 0.6) is 0 Å². The lowest BCUT2D eigenvalue weighted by Crippen LogP contribution is -2.25. The molecule has 0 spiro atoms. The Hall–Kier alpha value is -2.06. The van der Waals surface area contributed by atoms with E-state index in [1.54, 1.807) is 13.0 Å². The third-order valence-corrected chi connectivity index (χ3v) is 4.04. The van der Waals surface area contributed by atoms with Gasteiger partial charge in [-0.05, 0) is 25.1 Å². The highest BCUT2D eigenvalue weighted by Gasteiger charge is 2.21. The topological polar surface area (TPSA) is 98.0 Å². The molecule has 1 aromatic carbocycles. The van der Waals surface area contributed by atoms with Gasteiger partial charge in [-0.15, -0.1) is 0 Å². The van der Waals surface area contributed by atoms with Crippen molar-refractivity contribution in [2.75, 3.05) is 5.73 Å². The molecule has 0 radical (unpaired) electrons. The zero-order chi connectivity index (χ0) is 14.8. The predicted octanol–water partition coefficient (Wildman–Crippen LogP) is 0.985. The molecule has 8 heteroatoms. The summed E-state index contributed by atoms with van der Waals surface area (Å²) >= 11 is 0. The first kappa shape index (κ1) is 14.4. The minimum absolute atomic E-state index is 0.0700. The lowest BCUT2D eigenvalue weighted by Gasteiger charge is -2.09. The van der Waals surface area contributed by atoms with Crippen LogP contribution in [-0.4, -0.2) is 18.4 Å². The van der Waals surface area contributed by atoms with Gasteiger partial charge < -0.3 is 5.73 Å². The molecule has 1 heterocycles. The third kappa shape index (κ3) is 3.09. The first-order valence-electron chi connectivity index (χ1n) is 5.72. The molecule has 2 rings (SSSR count). The molecule has 3 N–H and O–H groups in total. The maximum Gasteiger partial charge on any atom is 0.245 e. The highest BCUT2D eigenvalue weighted by atomic mass is 32.2. The monoisotopic (exact) mass is 296 g/mol. The number of sulfonamides is 1. The lowest BCUT2D eigenvalue weighted by molar-refractivity contribution is 0.557. The SMILES string of the molecule is Cc1nccc(CNS(=O)(=O)c2c(N)cccc2F)n1. The van der Waals surface area contributed by atoms with Gasteiger partial charge in [-0.25, -0.2) is 27.5 Å². The van der Waals surface area contributed by atoms with Crippen LogP contribution in [0.2, 0.25) is 0 Å². The van der Waals surface area contributed by atoms with E-state index in [-0.39, 0.29) is 12.2 Å². The first-order valence-corrected chi connectivity index (χ1v) is 7.20. The maximum atomic E-state index is 13.6. The molecule has 0 aliphatic rings. The van der Waals surface area contributed by atoms with Crippen molar-refractivity contribution in [3.63, 3.8) is 0 Å². The van der Waals surface area contributed by atoms with Gasteiger partial charge in [0.15, 0.2) is 0 Å². The van der Waals surface area contributed by atoms with Crippen molar-refractivity contribution in [2.24, 2.45) is 0 Å². The fourth-order valence-corrected chi connectivity index (χ4v) is 2.84. The van der Waals surface area contributed by atoms with Crippen molar-refractivity contribution in [2.45, 2.75) is 18.4 Å². The Balaban J connectivity index is 2.24. The van der Waals surface area contributed by atoms with Crippen LogP contribution in [0, 0.1) is 12.7 Å². The third-order valence-electron chi connectivity index (χ3n) is 2.54. The number of nitrogen functional groups attached to an aromatic ring is 1. The summed E-state index contributed by atoms with van der Waals surface area (Å²) in [4.78, 5) is 7.40. The van der Waals surface area contributed by atoms with Crippen molar-refractivity contribution < 1.29 is 12.8 Å². The van der Waals surface area contributed by atoms with Crippen molar-refractivity contribution in [3.05, 3.63) is 47.8 Å². The molecular weight excluding hydrogens is 283 g/mol. The summed E-state index contributed by atoms with van der Waals surface area (Å²) in [6.45, 7) is 1.62. The number of halogens is 1. The van der Waals surface area contributed by atoms with Crippen LogP contribution < -0.4 is 10.5 Å². The average Bonchev–Trinajstić information content (AvgIpc) is 2.36. The van der Waals surface area contributed by atoms with Crippen LogP contribution in [0.1, 0.15) is 11.5 Å². The molecule has 2 aromatic rings. The van der Waals surface area contributed by atoms with Gasteiger partial charge in [0.05, 0.1) is 17.9 Å². The van der Waals surface area contributed by atoms with E-state index >= 15 is 0 Å². The van der Waals surface area contributed by atoms with Crippen LogP contribution >= 0.6 is 0 Å². The van der Waals surface area contributed by atoms with E-state index in [1.807, 2.05) is 0 Å². The predicted molar refractivity (Wildman–Crippen MR) is 71.6 cm³/mol. The van der Waals surface area contributed by atoms with Gasteiger partial charge in [-0.1, -0.05) is 6.07 Å². The fraction of sp³-hybridized carbons (Fsp3) is 0.167. The quantitative estimate of drug-likeness (QED) is 0.820. The number of nitrogens with one attached hydrogen (secondary N) is 1. The number of nitrogens with two attached hydrogens (primary N) is 1. The second kappa shape index (κ2) is 5.51. The summed E-state index contributed by atoms with van der Waals surface area (Å²) in [7, 11) is -4.04. The number of hydrogen-bond acceptors (Lipinski definition) is 5. The number of nitrogens with zero attached hydrogens (tertiary/aromatic N) is 2. The molecule has 0 aliphatic heterocycles.